The standard InChI is InChI=1S/C22H23N3O3/c1-3-28-20-7-5-4-6-19(20)25-14-18(12-21(25)26)22(27)24-15(2)17-10-8-16(13-23)9-11-17/h4-11,15,18H,3,12,14H2,1-2H3,(H,24,27). The van der Waals surface area contributed by atoms with Crippen LogP contribution in [-0.2, 0) is 9.59 Å². The van der Waals surface area contributed by atoms with Gasteiger partial charge >= 0.3 is 0 Å². The molecule has 144 valence electrons. The van der Waals surface area contributed by atoms with Crippen LogP contribution in [0.1, 0.15) is 37.4 Å². The molecule has 1 N–H and O–H groups in total. The van der Waals surface area contributed by atoms with E-state index in [2.05, 4.69) is 11.4 Å². The Balaban J connectivity index is 1.67. The molecule has 1 saturated heterocycles. The number of benzene rings is 2. The first kappa shape index (κ1) is 19.4. The van der Waals surface area contributed by atoms with Crippen molar-refractivity contribution in [3.8, 4) is 11.8 Å². The Bertz CT molecular complexity index is 902. The fourth-order valence-electron chi connectivity index (χ4n) is 3.33. The van der Waals surface area contributed by atoms with Gasteiger partial charge in [0.25, 0.3) is 0 Å². The SMILES string of the molecule is CCOc1ccccc1N1CC(C(=O)NC(C)c2ccc(C#N)cc2)CC1=O. The number of para-hydroxylation sites is 2. The van der Waals surface area contributed by atoms with Gasteiger partial charge in [0.15, 0.2) is 0 Å². The molecule has 2 aromatic rings. The molecule has 0 aliphatic carbocycles. The number of nitrogens with zero attached hydrogens (tertiary/aromatic N) is 2. The molecule has 1 aliphatic heterocycles. The number of hydrogen-bond acceptors (Lipinski definition) is 4. The smallest absolute Gasteiger partial charge is 0.227 e. The minimum absolute atomic E-state index is 0.0849. The quantitative estimate of drug-likeness (QED) is 0.838. The zero-order chi connectivity index (χ0) is 20.1. The monoisotopic (exact) mass is 377 g/mol. The number of carbonyl (C=O) groups is 2. The van der Waals surface area contributed by atoms with Crippen molar-refractivity contribution in [2.24, 2.45) is 5.92 Å². The van der Waals surface area contributed by atoms with Gasteiger partial charge in [0, 0.05) is 13.0 Å². The largest absolute Gasteiger partial charge is 0.492 e. The van der Waals surface area contributed by atoms with Crippen LogP contribution in [0.5, 0.6) is 5.75 Å². The summed E-state index contributed by atoms with van der Waals surface area (Å²) in [6.45, 7) is 4.61. The van der Waals surface area contributed by atoms with Crippen LogP contribution in [-0.4, -0.2) is 25.0 Å². The minimum Gasteiger partial charge on any atom is -0.492 e. The van der Waals surface area contributed by atoms with Gasteiger partial charge in [0.05, 0.1) is 35.9 Å². The maximum Gasteiger partial charge on any atom is 0.227 e. The van der Waals surface area contributed by atoms with E-state index in [4.69, 9.17) is 10.00 Å². The number of amides is 2. The summed E-state index contributed by atoms with van der Waals surface area (Å²) in [7, 11) is 0. The molecule has 2 unspecified atom stereocenters. The van der Waals surface area contributed by atoms with Crippen molar-refractivity contribution in [3.63, 3.8) is 0 Å². The van der Waals surface area contributed by atoms with Crippen molar-refractivity contribution in [2.45, 2.75) is 26.3 Å². The van der Waals surface area contributed by atoms with Gasteiger partial charge in [-0.25, -0.2) is 0 Å². The van der Waals surface area contributed by atoms with Gasteiger partial charge in [-0.05, 0) is 43.7 Å². The highest BCUT2D eigenvalue weighted by atomic mass is 16.5. The van der Waals surface area contributed by atoms with E-state index in [-0.39, 0.29) is 24.3 Å². The number of rotatable bonds is 6. The highest BCUT2D eigenvalue weighted by Crippen LogP contribution is 2.33. The van der Waals surface area contributed by atoms with Gasteiger partial charge in [-0.2, -0.15) is 5.26 Å². The summed E-state index contributed by atoms with van der Waals surface area (Å²) >= 11 is 0. The Morgan fingerprint density at radius 2 is 2.00 bits per heavy atom. The molecule has 0 aromatic heterocycles. The molecular formula is C22H23N3O3. The lowest BCUT2D eigenvalue weighted by Crippen LogP contribution is -2.34. The minimum atomic E-state index is -0.414. The Kier molecular flexibility index (Phi) is 5.95. The van der Waals surface area contributed by atoms with E-state index < -0.39 is 5.92 Å². The van der Waals surface area contributed by atoms with Crippen molar-refractivity contribution in [3.05, 3.63) is 59.7 Å². The van der Waals surface area contributed by atoms with Gasteiger partial charge < -0.3 is 15.0 Å². The van der Waals surface area contributed by atoms with E-state index in [1.807, 2.05) is 50.2 Å². The van der Waals surface area contributed by atoms with Crippen LogP contribution < -0.4 is 15.0 Å². The van der Waals surface area contributed by atoms with Crippen molar-refractivity contribution in [2.75, 3.05) is 18.1 Å². The lowest BCUT2D eigenvalue weighted by molar-refractivity contribution is -0.126. The maximum atomic E-state index is 12.7. The number of carbonyl (C=O) groups excluding carboxylic acids is 2. The summed E-state index contributed by atoms with van der Waals surface area (Å²) in [6.07, 6.45) is 0.173. The van der Waals surface area contributed by atoms with Crippen molar-refractivity contribution >= 4 is 17.5 Å². The Labute approximate surface area is 164 Å². The molecule has 0 spiro atoms. The second-order valence-corrected chi connectivity index (χ2v) is 6.77. The van der Waals surface area contributed by atoms with E-state index in [1.54, 1.807) is 17.0 Å². The predicted molar refractivity (Wildman–Crippen MR) is 106 cm³/mol. The van der Waals surface area contributed by atoms with E-state index >= 15 is 0 Å². The first-order valence-corrected chi connectivity index (χ1v) is 9.36. The highest BCUT2D eigenvalue weighted by molar-refractivity contribution is 6.01. The summed E-state index contributed by atoms with van der Waals surface area (Å²) < 4.78 is 5.62. The van der Waals surface area contributed by atoms with E-state index in [9.17, 15) is 9.59 Å². The average molecular weight is 377 g/mol. The van der Waals surface area contributed by atoms with Crippen LogP contribution in [0.2, 0.25) is 0 Å². The molecule has 6 heteroatoms. The number of anilines is 1. The van der Waals surface area contributed by atoms with Gasteiger partial charge in [-0.1, -0.05) is 24.3 Å². The molecule has 2 atom stereocenters. The Morgan fingerprint density at radius 3 is 2.68 bits per heavy atom. The third-order valence-corrected chi connectivity index (χ3v) is 4.85. The predicted octanol–water partition coefficient (Wildman–Crippen LogP) is 3.19. The van der Waals surface area contributed by atoms with Crippen molar-refractivity contribution in [1.29, 1.82) is 5.26 Å². The van der Waals surface area contributed by atoms with Crippen LogP contribution in [0.3, 0.4) is 0 Å². The van der Waals surface area contributed by atoms with E-state index in [0.717, 1.165) is 5.56 Å². The summed E-state index contributed by atoms with van der Waals surface area (Å²) in [6, 6.07) is 16.3. The lowest BCUT2D eigenvalue weighted by Gasteiger charge is -2.21. The zero-order valence-electron chi connectivity index (χ0n) is 16.0. The van der Waals surface area contributed by atoms with Gasteiger partial charge in [0.1, 0.15) is 5.75 Å². The topological polar surface area (TPSA) is 82.4 Å². The molecule has 2 amide bonds. The molecule has 0 radical (unpaired) electrons. The molecule has 0 bridgehead atoms. The fraction of sp³-hybridized carbons (Fsp3) is 0.318. The third kappa shape index (κ3) is 4.15. The molecule has 28 heavy (non-hydrogen) atoms. The van der Waals surface area contributed by atoms with Crippen molar-refractivity contribution < 1.29 is 14.3 Å². The van der Waals surface area contributed by atoms with Crippen LogP contribution >= 0.6 is 0 Å². The third-order valence-electron chi connectivity index (χ3n) is 4.85. The number of nitriles is 1. The highest BCUT2D eigenvalue weighted by Gasteiger charge is 2.36. The normalized spacial score (nSPS) is 17.1. The fourth-order valence-corrected chi connectivity index (χ4v) is 3.33. The van der Waals surface area contributed by atoms with Gasteiger partial charge in [-0.3, -0.25) is 9.59 Å². The second-order valence-electron chi connectivity index (χ2n) is 6.77. The number of nitrogens with one attached hydrogen (secondary N) is 1. The first-order valence-electron chi connectivity index (χ1n) is 9.36. The van der Waals surface area contributed by atoms with Crippen LogP contribution in [0.4, 0.5) is 5.69 Å². The summed E-state index contributed by atoms with van der Waals surface area (Å²) in [5.74, 6) is -0.00620. The molecule has 1 heterocycles. The Morgan fingerprint density at radius 1 is 1.29 bits per heavy atom. The van der Waals surface area contributed by atoms with Crippen molar-refractivity contribution in [1.82, 2.24) is 5.32 Å². The maximum absolute atomic E-state index is 12.7. The first-order chi connectivity index (χ1) is 13.5. The molecule has 6 nitrogen and oxygen atoms in total. The molecule has 1 aliphatic rings. The van der Waals surface area contributed by atoms with Gasteiger partial charge in [-0.15, -0.1) is 0 Å². The zero-order valence-corrected chi connectivity index (χ0v) is 16.0. The van der Waals surface area contributed by atoms with E-state index in [1.165, 1.54) is 0 Å². The second kappa shape index (κ2) is 8.57. The Hall–Kier alpha value is -3.33. The summed E-state index contributed by atoms with van der Waals surface area (Å²) in [5.41, 5.74) is 2.19. The summed E-state index contributed by atoms with van der Waals surface area (Å²) in [5, 5.41) is 11.9. The summed E-state index contributed by atoms with van der Waals surface area (Å²) in [4.78, 5) is 26.9. The lowest BCUT2D eigenvalue weighted by atomic mass is 10.0. The van der Waals surface area contributed by atoms with Crippen LogP contribution in [0.15, 0.2) is 48.5 Å². The number of ether oxygens (including phenoxy) is 1. The molecule has 2 aromatic carbocycles. The van der Waals surface area contributed by atoms with Crippen LogP contribution in [0, 0.1) is 17.2 Å². The molecule has 3 rings (SSSR count). The molecule has 1 fully saturated rings. The average Bonchev–Trinajstić information content (AvgIpc) is 3.10. The van der Waals surface area contributed by atoms with Crippen LogP contribution in [0.25, 0.3) is 0 Å². The molecular weight excluding hydrogens is 354 g/mol. The van der Waals surface area contributed by atoms with Gasteiger partial charge in [0.2, 0.25) is 11.8 Å². The number of hydrogen-bond donors (Lipinski definition) is 1. The van der Waals surface area contributed by atoms with E-state index in [0.29, 0.717) is 30.2 Å². The molecule has 0 saturated carbocycles.